The van der Waals surface area contributed by atoms with Crippen molar-refractivity contribution in [2.45, 2.75) is 37.7 Å². The van der Waals surface area contributed by atoms with Crippen LogP contribution in [0.5, 0.6) is 0 Å². The number of benzene rings is 4. The molecule has 4 aromatic carbocycles. The number of carbonyl (C=O) groups is 3. The number of anilines is 1. The van der Waals surface area contributed by atoms with Crippen molar-refractivity contribution < 1.29 is 32.4 Å². The molecule has 0 atom stereocenters. The van der Waals surface area contributed by atoms with Crippen LogP contribution in [0.4, 0.5) is 23.7 Å². The lowest BCUT2D eigenvalue weighted by Crippen LogP contribution is -2.43. The number of halogens is 3. The Kier molecular flexibility index (Phi) is 9.96. The normalized spacial score (nSPS) is 14.4. The number of rotatable bonds is 10. The third kappa shape index (κ3) is 7.15. The Hall–Kier alpha value is -6.58. The van der Waals surface area contributed by atoms with Crippen LogP contribution in [0.15, 0.2) is 134 Å². The third-order valence-corrected chi connectivity index (χ3v) is 8.96. The summed E-state index contributed by atoms with van der Waals surface area (Å²) in [6.07, 6.45) is -1.11. The minimum atomic E-state index is -4.92. The molecule has 1 aliphatic rings. The molecule has 53 heavy (non-hydrogen) atoms. The molecule has 9 nitrogen and oxygen atoms in total. The molecule has 4 amide bonds. The van der Waals surface area contributed by atoms with Crippen molar-refractivity contribution >= 4 is 29.6 Å². The zero-order valence-corrected chi connectivity index (χ0v) is 28.5. The Morgan fingerprint density at radius 2 is 1.40 bits per heavy atom. The second-order valence-electron chi connectivity index (χ2n) is 12.7. The van der Waals surface area contributed by atoms with Gasteiger partial charge in [0.2, 0.25) is 0 Å². The average Bonchev–Trinajstić information content (AvgIpc) is 3.34. The lowest BCUT2D eigenvalue weighted by molar-refractivity contribution is -0.138. The molecule has 1 N–H and O–H groups in total. The lowest BCUT2D eigenvalue weighted by atomic mass is 9.80. The van der Waals surface area contributed by atoms with Crippen molar-refractivity contribution in [3.8, 4) is 6.07 Å². The van der Waals surface area contributed by atoms with Crippen LogP contribution in [0.1, 0.15) is 52.9 Å². The summed E-state index contributed by atoms with van der Waals surface area (Å²) in [6.45, 7) is 2.95. The first-order valence-corrected chi connectivity index (χ1v) is 16.4. The first kappa shape index (κ1) is 36.2. The predicted molar refractivity (Wildman–Crippen MR) is 190 cm³/mol. The van der Waals surface area contributed by atoms with E-state index in [2.05, 4.69) is 10.5 Å². The Bertz CT molecular complexity index is 2110. The number of nitrogens with zero attached hydrogens (tertiary/aromatic N) is 4. The number of aromatic nitrogens is 1. The van der Waals surface area contributed by atoms with Gasteiger partial charge in [-0.3, -0.25) is 14.4 Å². The molecule has 0 saturated carbocycles. The van der Waals surface area contributed by atoms with Gasteiger partial charge in [-0.05, 0) is 53.8 Å². The van der Waals surface area contributed by atoms with Crippen molar-refractivity contribution in [2.75, 3.05) is 4.90 Å². The van der Waals surface area contributed by atoms with Gasteiger partial charge in [-0.25, -0.2) is 20.2 Å². The second kappa shape index (κ2) is 14.6. The molecular weight excluding hydrogens is 683 g/mol. The highest BCUT2D eigenvalue weighted by molar-refractivity contribution is 6.22. The quantitative estimate of drug-likeness (QED) is 0.0684. The van der Waals surface area contributed by atoms with E-state index in [1.807, 2.05) is 91.0 Å². The van der Waals surface area contributed by atoms with Crippen LogP contribution in [0.25, 0.3) is 6.08 Å². The van der Waals surface area contributed by atoms with Gasteiger partial charge in [0.25, 0.3) is 11.8 Å². The summed E-state index contributed by atoms with van der Waals surface area (Å²) in [4.78, 5) is 51.8. The van der Waals surface area contributed by atoms with Gasteiger partial charge in [0, 0.05) is 12.6 Å². The molecule has 12 heteroatoms. The highest BCUT2D eigenvalue weighted by Gasteiger charge is 2.52. The summed E-state index contributed by atoms with van der Waals surface area (Å²) in [7, 11) is 0. The van der Waals surface area contributed by atoms with Crippen molar-refractivity contribution in [2.24, 2.45) is 0 Å². The number of hydroxylamine groups is 1. The topological polar surface area (TPSA) is 116 Å². The number of alkyl halides is 3. The molecule has 0 spiro atoms. The van der Waals surface area contributed by atoms with Gasteiger partial charge in [-0.1, -0.05) is 115 Å². The van der Waals surface area contributed by atoms with Gasteiger partial charge < -0.3 is 4.90 Å². The van der Waals surface area contributed by atoms with E-state index in [0.717, 1.165) is 22.9 Å². The summed E-state index contributed by atoms with van der Waals surface area (Å²) in [5.41, 5.74) is 1.13. The van der Waals surface area contributed by atoms with Crippen molar-refractivity contribution in [3.63, 3.8) is 0 Å². The van der Waals surface area contributed by atoms with Crippen LogP contribution in [0.3, 0.4) is 0 Å². The molecule has 1 aliphatic heterocycles. The van der Waals surface area contributed by atoms with E-state index in [4.69, 9.17) is 10.1 Å². The molecule has 0 radical (unpaired) electrons. The number of amides is 4. The van der Waals surface area contributed by atoms with Crippen molar-refractivity contribution in [1.82, 2.24) is 15.4 Å². The fourth-order valence-corrected chi connectivity index (χ4v) is 6.15. The maximum Gasteiger partial charge on any atom is 0.419 e. The molecular formula is C41H32F3N5O4. The molecule has 6 rings (SSSR count). The van der Waals surface area contributed by atoms with Crippen molar-refractivity contribution in [3.05, 3.63) is 173 Å². The Morgan fingerprint density at radius 3 is 1.89 bits per heavy atom. The molecule has 1 aromatic heterocycles. The summed E-state index contributed by atoms with van der Waals surface area (Å²) < 4.78 is 40.8. The molecule has 266 valence electrons. The van der Waals surface area contributed by atoms with Gasteiger partial charge >= 0.3 is 12.2 Å². The summed E-state index contributed by atoms with van der Waals surface area (Å²) in [6, 6.07) is 36.7. The van der Waals surface area contributed by atoms with Gasteiger partial charge in [-0.15, -0.1) is 0 Å². The first-order valence-electron chi connectivity index (χ1n) is 16.4. The minimum Gasteiger partial charge on any atom is -0.305 e. The monoisotopic (exact) mass is 715 g/mol. The Morgan fingerprint density at radius 1 is 0.868 bits per heavy atom. The fourth-order valence-electron chi connectivity index (χ4n) is 6.15. The van der Waals surface area contributed by atoms with Gasteiger partial charge in [0.1, 0.15) is 11.6 Å². The van der Waals surface area contributed by atoms with Crippen LogP contribution in [0.2, 0.25) is 0 Å². The molecule has 0 aliphatic carbocycles. The number of pyridine rings is 1. The van der Waals surface area contributed by atoms with Gasteiger partial charge in [0.05, 0.1) is 17.4 Å². The highest BCUT2D eigenvalue weighted by Crippen LogP contribution is 2.40. The first-order chi connectivity index (χ1) is 25.4. The van der Waals surface area contributed by atoms with Crippen LogP contribution in [-0.2, 0) is 32.7 Å². The molecule has 2 heterocycles. The average molecular weight is 716 g/mol. The lowest BCUT2D eigenvalue weighted by Gasteiger charge is -2.34. The second-order valence-corrected chi connectivity index (χ2v) is 12.7. The van der Waals surface area contributed by atoms with Crippen molar-refractivity contribution in [1.29, 1.82) is 5.26 Å². The van der Waals surface area contributed by atoms with Crippen LogP contribution >= 0.6 is 0 Å². The highest BCUT2D eigenvalue weighted by atomic mass is 19.4. The number of carbonyl (C=O) groups excluding carboxylic acids is 3. The summed E-state index contributed by atoms with van der Waals surface area (Å²) in [5.74, 6) is -1.26. The van der Waals surface area contributed by atoms with Gasteiger partial charge in [-0.2, -0.15) is 18.4 Å². The standard InChI is InChI=1S/C41H32F3N5O4/c1-39(2)37(51)49(33-24-34(41(42,43)44)35(25-45)46-26-33)38(52)48(39)27-29-20-18-28(19-21-29)22-23-36(50)47-53-40(30-12-6-3-7-13-30,31-14-8-4-9-15-31)32-16-10-5-11-17-32/h3-24,26H,27H2,1-2H3,(H,47,50)/b23-22+. The smallest absolute Gasteiger partial charge is 0.305 e. The Labute approximate surface area is 303 Å². The van der Waals surface area contributed by atoms with E-state index < -0.39 is 52.1 Å². The number of nitrogens with one attached hydrogen (secondary N) is 1. The zero-order valence-electron chi connectivity index (χ0n) is 28.5. The van der Waals surface area contributed by atoms with E-state index in [1.54, 1.807) is 30.3 Å². The third-order valence-electron chi connectivity index (χ3n) is 8.96. The number of hydrogen-bond donors (Lipinski definition) is 1. The molecule has 1 fully saturated rings. The predicted octanol–water partition coefficient (Wildman–Crippen LogP) is 7.77. The van der Waals surface area contributed by atoms with Crippen LogP contribution < -0.4 is 10.4 Å². The molecule has 1 saturated heterocycles. The maximum atomic E-state index is 13.6. The fraction of sp³-hybridized carbons (Fsp3) is 0.146. The molecule has 5 aromatic rings. The van der Waals surface area contributed by atoms with E-state index in [0.29, 0.717) is 22.1 Å². The number of urea groups is 1. The molecule has 0 unspecified atom stereocenters. The largest absolute Gasteiger partial charge is 0.419 e. The Balaban J connectivity index is 1.17. The van der Waals surface area contributed by atoms with E-state index in [9.17, 15) is 27.6 Å². The van der Waals surface area contributed by atoms with Crippen LogP contribution in [0, 0.1) is 11.3 Å². The zero-order chi connectivity index (χ0) is 37.8. The maximum absolute atomic E-state index is 13.6. The van der Waals surface area contributed by atoms with Crippen LogP contribution in [-0.4, -0.2) is 33.3 Å². The minimum absolute atomic E-state index is 0.0389. The van der Waals surface area contributed by atoms with E-state index in [1.165, 1.54) is 30.9 Å². The summed E-state index contributed by atoms with van der Waals surface area (Å²) >= 11 is 0. The number of imide groups is 1. The number of hydrogen-bond acceptors (Lipinski definition) is 6. The van der Waals surface area contributed by atoms with Gasteiger partial charge in [0.15, 0.2) is 11.3 Å². The van der Waals surface area contributed by atoms with E-state index >= 15 is 0 Å². The summed E-state index contributed by atoms with van der Waals surface area (Å²) in [5, 5.41) is 9.08. The number of nitriles is 1. The van der Waals surface area contributed by atoms with E-state index in [-0.39, 0.29) is 6.54 Å². The molecule has 0 bridgehead atoms. The SMILES string of the molecule is CC1(C)C(=O)N(c2cnc(C#N)c(C(F)(F)F)c2)C(=O)N1Cc1ccc(/C=C/C(=O)NOC(c2ccccc2)(c2ccccc2)c2ccccc2)cc1.